The summed E-state index contributed by atoms with van der Waals surface area (Å²) in [4.78, 5) is 33.5. The SMILES string of the molecule is COC(=O)c1ccc2c(c1)nc(COc1ccc(Cl)cc1)n2CCCC1CCNCC1.COC(=O)c1ccc2nc(COc3ccc(Cl)cc3)n(CCCC3CCNCC3)c2c1. The number of esters is 2. The molecule has 12 nitrogen and oxygen atoms in total. The van der Waals surface area contributed by atoms with E-state index in [2.05, 4.69) is 19.8 Å². The Morgan fingerprint density at radius 1 is 0.597 bits per heavy atom. The van der Waals surface area contributed by atoms with E-state index in [-0.39, 0.29) is 11.9 Å². The van der Waals surface area contributed by atoms with E-state index in [0.29, 0.717) is 34.4 Å². The number of rotatable bonds is 16. The first-order chi connectivity index (χ1) is 30.3. The number of hydrogen-bond donors (Lipinski definition) is 2. The van der Waals surface area contributed by atoms with Gasteiger partial charge in [0.15, 0.2) is 0 Å². The van der Waals surface area contributed by atoms with Crippen LogP contribution in [0.3, 0.4) is 0 Å². The van der Waals surface area contributed by atoms with E-state index in [1.165, 1.54) is 52.7 Å². The Balaban J connectivity index is 0.000000186. The Morgan fingerprint density at radius 3 is 1.55 bits per heavy atom. The molecule has 8 rings (SSSR count). The predicted octanol–water partition coefficient (Wildman–Crippen LogP) is 9.67. The van der Waals surface area contributed by atoms with Crippen molar-refractivity contribution in [2.45, 2.75) is 77.7 Å². The van der Waals surface area contributed by atoms with Crippen LogP contribution in [0.25, 0.3) is 22.1 Å². The number of ether oxygens (including phenoxy) is 4. The summed E-state index contributed by atoms with van der Waals surface area (Å²) in [5.74, 6) is 4.03. The number of nitrogens with one attached hydrogen (secondary N) is 2. The van der Waals surface area contributed by atoms with Crippen LogP contribution in [0.15, 0.2) is 84.9 Å². The van der Waals surface area contributed by atoms with Gasteiger partial charge in [-0.15, -0.1) is 0 Å². The number of methoxy groups -OCH3 is 2. The Hall–Kier alpha value is -5.14. The van der Waals surface area contributed by atoms with E-state index in [4.69, 9.17) is 52.1 Å². The highest BCUT2D eigenvalue weighted by Gasteiger charge is 2.19. The van der Waals surface area contributed by atoms with Crippen molar-refractivity contribution in [2.24, 2.45) is 11.8 Å². The third-order valence-corrected chi connectivity index (χ3v) is 12.3. The second-order valence-corrected chi connectivity index (χ2v) is 16.8. The van der Waals surface area contributed by atoms with Crippen LogP contribution in [0.1, 0.15) is 83.7 Å². The standard InChI is InChI=1S/2C24H28ClN3O3/c1-30-24(29)18-4-9-22-21(15-18)27-23(16-31-20-7-5-19(25)6-8-20)28(22)14-2-3-17-10-12-26-13-11-17;1-30-24(29)18-4-9-21-22(15-18)28(14-2-3-17-10-12-26-13-11-17)23(27-21)16-31-20-7-5-19(25)6-8-20/h2*4-9,15,17,26H,2-3,10-14,16H2,1H3. The molecule has 328 valence electrons. The van der Waals surface area contributed by atoms with Crippen molar-refractivity contribution in [2.75, 3.05) is 40.4 Å². The summed E-state index contributed by atoms with van der Waals surface area (Å²) in [5.41, 5.74) is 4.60. The van der Waals surface area contributed by atoms with Gasteiger partial charge in [0.25, 0.3) is 0 Å². The largest absolute Gasteiger partial charge is 0.486 e. The van der Waals surface area contributed by atoms with Crippen molar-refractivity contribution in [3.05, 3.63) is 118 Å². The van der Waals surface area contributed by atoms with Crippen molar-refractivity contribution in [1.82, 2.24) is 29.7 Å². The lowest BCUT2D eigenvalue weighted by Gasteiger charge is -2.22. The van der Waals surface area contributed by atoms with Crippen molar-refractivity contribution in [1.29, 1.82) is 0 Å². The van der Waals surface area contributed by atoms with Crippen molar-refractivity contribution >= 4 is 57.2 Å². The van der Waals surface area contributed by atoms with Crippen molar-refractivity contribution in [3.8, 4) is 11.5 Å². The number of halogens is 2. The van der Waals surface area contributed by atoms with E-state index in [1.54, 1.807) is 18.2 Å². The molecule has 2 N–H and O–H groups in total. The van der Waals surface area contributed by atoms with Crippen LogP contribution in [0.5, 0.6) is 11.5 Å². The van der Waals surface area contributed by atoms with E-state index in [1.807, 2.05) is 66.7 Å². The molecule has 0 aliphatic carbocycles. The molecule has 6 aromatic rings. The zero-order valence-electron chi connectivity index (χ0n) is 35.5. The second-order valence-electron chi connectivity index (χ2n) is 15.9. The normalized spacial score (nSPS) is 14.6. The molecule has 0 amide bonds. The van der Waals surface area contributed by atoms with Gasteiger partial charge >= 0.3 is 11.9 Å². The molecule has 62 heavy (non-hydrogen) atoms. The fourth-order valence-corrected chi connectivity index (χ4v) is 8.59. The molecule has 2 fully saturated rings. The molecule has 14 heteroatoms. The molecule has 0 spiro atoms. The molecule has 2 aliphatic heterocycles. The molecule has 0 bridgehead atoms. The Labute approximate surface area is 373 Å². The van der Waals surface area contributed by atoms with Crippen molar-refractivity contribution < 1.29 is 28.5 Å². The zero-order valence-corrected chi connectivity index (χ0v) is 37.1. The summed E-state index contributed by atoms with van der Waals surface area (Å²) in [6.45, 7) is 6.86. The quantitative estimate of drug-likeness (QED) is 0.0907. The first kappa shape index (κ1) is 44.9. The predicted molar refractivity (Wildman–Crippen MR) is 243 cm³/mol. The van der Waals surface area contributed by atoms with Crippen LogP contribution in [-0.4, -0.2) is 71.4 Å². The van der Waals surface area contributed by atoms with Gasteiger partial charge in [-0.2, -0.15) is 0 Å². The van der Waals surface area contributed by atoms with Crippen LogP contribution in [-0.2, 0) is 35.8 Å². The van der Waals surface area contributed by atoms with Crippen LogP contribution in [0.2, 0.25) is 10.0 Å². The van der Waals surface area contributed by atoms with E-state index >= 15 is 0 Å². The summed E-state index contributed by atoms with van der Waals surface area (Å²) in [6.07, 6.45) is 9.52. The van der Waals surface area contributed by atoms with Gasteiger partial charge in [0, 0.05) is 23.1 Å². The van der Waals surface area contributed by atoms with Gasteiger partial charge in [0.1, 0.15) is 36.4 Å². The lowest BCUT2D eigenvalue weighted by Crippen LogP contribution is -2.27. The number of piperidine rings is 2. The first-order valence-electron chi connectivity index (χ1n) is 21.6. The summed E-state index contributed by atoms with van der Waals surface area (Å²) in [7, 11) is 2.78. The molecule has 2 aromatic heterocycles. The summed E-state index contributed by atoms with van der Waals surface area (Å²) < 4.78 is 26.1. The topological polar surface area (TPSA) is 131 Å². The third kappa shape index (κ3) is 12.1. The number of imidazole rings is 2. The first-order valence-corrected chi connectivity index (χ1v) is 22.4. The minimum absolute atomic E-state index is 0.344. The minimum Gasteiger partial charge on any atom is -0.486 e. The van der Waals surface area contributed by atoms with Gasteiger partial charge in [0.2, 0.25) is 0 Å². The highest BCUT2D eigenvalue weighted by atomic mass is 35.5. The smallest absolute Gasteiger partial charge is 0.337 e. The fourth-order valence-electron chi connectivity index (χ4n) is 8.34. The van der Waals surface area contributed by atoms with Gasteiger partial charge < -0.3 is 38.7 Å². The number of aromatic nitrogens is 4. The molecule has 2 aliphatic rings. The molecule has 0 radical (unpaired) electrons. The average Bonchev–Trinajstić information content (AvgIpc) is 3.85. The van der Waals surface area contributed by atoms with Gasteiger partial charge in [-0.1, -0.05) is 23.2 Å². The second kappa shape index (κ2) is 22.3. The van der Waals surface area contributed by atoms with Crippen LogP contribution < -0.4 is 20.1 Å². The van der Waals surface area contributed by atoms with Crippen LogP contribution >= 0.6 is 23.2 Å². The fraction of sp³-hybridized carbons (Fsp3) is 0.417. The maximum atomic E-state index is 12.0. The number of carbonyl (C=O) groups excluding carboxylic acids is 2. The summed E-state index contributed by atoms with van der Waals surface area (Å²) in [5, 5.41) is 8.20. The van der Waals surface area contributed by atoms with Crippen molar-refractivity contribution in [3.63, 3.8) is 0 Å². The Morgan fingerprint density at radius 2 is 1.05 bits per heavy atom. The molecule has 0 saturated carbocycles. The lowest BCUT2D eigenvalue weighted by atomic mass is 9.93. The highest BCUT2D eigenvalue weighted by molar-refractivity contribution is 6.30. The molecule has 0 atom stereocenters. The number of nitrogens with zero attached hydrogens (tertiary/aromatic N) is 4. The highest BCUT2D eigenvalue weighted by Crippen LogP contribution is 2.26. The molecular formula is C48H56Cl2N6O6. The van der Waals surface area contributed by atoms with Crippen LogP contribution in [0, 0.1) is 11.8 Å². The number of aryl methyl sites for hydroxylation is 2. The minimum atomic E-state index is -0.360. The average molecular weight is 884 g/mol. The lowest BCUT2D eigenvalue weighted by molar-refractivity contribution is 0.0592. The number of hydrogen-bond acceptors (Lipinski definition) is 10. The molecule has 0 unspecified atom stereocenters. The molecule has 2 saturated heterocycles. The van der Waals surface area contributed by atoms with Crippen LogP contribution in [0.4, 0.5) is 0 Å². The van der Waals surface area contributed by atoms with E-state index < -0.39 is 0 Å². The maximum absolute atomic E-state index is 12.0. The van der Waals surface area contributed by atoms with Gasteiger partial charge in [-0.05, 0) is 174 Å². The van der Waals surface area contributed by atoms with E-state index in [9.17, 15) is 9.59 Å². The van der Waals surface area contributed by atoms with E-state index in [0.717, 1.165) is 109 Å². The maximum Gasteiger partial charge on any atom is 0.337 e. The number of benzene rings is 4. The molecule has 4 aromatic carbocycles. The third-order valence-electron chi connectivity index (χ3n) is 11.8. The monoisotopic (exact) mass is 882 g/mol. The number of carbonyl (C=O) groups is 2. The number of fused-ring (bicyclic) bond motifs is 2. The van der Waals surface area contributed by atoms with Gasteiger partial charge in [0.05, 0.1) is 47.4 Å². The summed E-state index contributed by atoms with van der Waals surface area (Å²) >= 11 is 11.9. The van der Waals surface area contributed by atoms with Gasteiger partial charge in [-0.25, -0.2) is 19.6 Å². The Kier molecular flexibility index (Phi) is 16.1. The summed E-state index contributed by atoms with van der Waals surface area (Å²) in [6, 6.07) is 25.6. The zero-order chi connectivity index (χ0) is 43.3. The van der Waals surface area contributed by atoms with Gasteiger partial charge in [-0.3, -0.25) is 0 Å². The molecular weight excluding hydrogens is 827 g/mol. The molecule has 4 heterocycles. The Bertz CT molecular complexity index is 2340.